The molecule has 0 aliphatic carbocycles. The van der Waals surface area contributed by atoms with Crippen LogP contribution in [0.5, 0.6) is 0 Å². The number of hydrogen-bond acceptors (Lipinski definition) is 2. The molecule has 1 aliphatic rings. The number of ether oxygens (including phenoxy) is 1. The van der Waals surface area contributed by atoms with Gasteiger partial charge in [0.2, 0.25) is 10.8 Å². The first-order valence-electron chi connectivity index (χ1n) is 1.80. The van der Waals surface area contributed by atoms with Gasteiger partial charge < -0.3 is 4.74 Å². The second kappa shape index (κ2) is 1.66. The van der Waals surface area contributed by atoms with Crippen molar-refractivity contribution in [3.63, 3.8) is 0 Å². The molecular weight excluding hydrogens is 160 g/mol. The summed E-state index contributed by atoms with van der Waals surface area (Å²) < 4.78 is 4.65. The van der Waals surface area contributed by atoms with Gasteiger partial charge in [-0.2, -0.15) is 0 Å². The normalized spacial score (nSPS) is 28.1. The molecule has 1 rings (SSSR count). The number of alkyl halides is 1. The van der Waals surface area contributed by atoms with E-state index in [1.807, 2.05) is 0 Å². The fourth-order valence-corrected chi connectivity index (χ4v) is 0.595. The molecule has 1 heterocycles. The lowest BCUT2D eigenvalue weighted by Crippen LogP contribution is -2.04. The van der Waals surface area contributed by atoms with E-state index in [9.17, 15) is 4.79 Å². The first-order valence-corrected chi connectivity index (χ1v) is 2.72. The SMILES string of the molecule is O=C1C=COC1Br. The summed E-state index contributed by atoms with van der Waals surface area (Å²) in [5.41, 5.74) is 0. The third kappa shape index (κ3) is 0.825. The van der Waals surface area contributed by atoms with Gasteiger partial charge >= 0.3 is 0 Å². The summed E-state index contributed by atoms with van der Waals surface area (Å²) in [6.45, 7) is 0. The Bertz CT molecular complexity index is 119. The quantitative estimate of drug-likeness (QED) is 0.494. The van der Waals surface area contributed by atoms with Crippen LogP contribution in [-0.2, 0) is 9.53 Å². The Morgan fingerprint density at radius 1 is 1.86 bits per heavy atom. The third-order valence-electron chi connectivity index (χ3n) is 0.654. The average molecular weight is 163 g/mol. The van der Waals surface area contributed by atoms with Crippen molar-refractivity contribution in [2.75, 3.05) is 0 Å². The summed E-state index contributed by atoms with van der Waals surface area (Å²) in [5.74, 6) is -0.0278. The Morgan fingerprint density at radius 3 is 2.71 bits per heavy atom. The van der Waals surface area contributed by atoms with E-state index < -0.39 is 5.01 Å². The highest BCUT2D eigenvalue weighted by Crippen LogP contribution is 2.09. The fourth-order valence-electron chi connectivity index (χ4n) is 0.318. The zero-order chi connectivity index (χ0) is 5.28. The minimum absolute atomic E-state index is 0.0278. The number of carbonyl (C=O) groups excluding carboxylic acids is 1. The summed E-state index contributed by atoms with van der Waals surface area (Å²) in [4.78, 5) is 10.3. The largest absolute Gasteiger partial charge is 0.478 e. The van der Waals surface area contributed by atoms with Crippen LogP contribution in [0.25, 0.3) is 0 Å². The second-order valence-corrected chi connectivity index (χ2v) is 1.99. The van der Waals surface area contributed by atoms with E-state index >= 15 is 0 Å². The van der Waals surface area contributed by atoms with Crippen LogP contribution in [-0.4, -0.2) is 10.8 Å². The molecule has 0 aromatic rings. The summed E-state index contributed by atoms with van der Waals surface area (Å²) in [6, 6.07) is 0. The molecule has 0 bridgehead atoms. The van der Waals surface area contributed by atoms with Crippen LogP contribution in [0.4, 0.5) is 0 Å². The van der Waals surface area contributed by atoms with Crippen LogP contribution >= 0.6 is 15.9 Å². The van der Waals surface area contributed by atoms with E-state index in [0.29, 0.717) is 0 Å². The number of ketones is 1. The molecule has 1 unspecified atom stereocenters. The second-order valence-electron chi connectivity index (χ2n) is 1.16. The molecule has 0 N–H and O–H groups in total. The Morgan fingerprint density at radius 2 is 2.57 bits per heavy atom. The van der Waals surface area contributed by atoms with Crippen molar-refractivity contribution in [1.29, 1.82) is 0 Å². The molecule has 0 saturated carbocycles. The van der Waals surface area contributed by atoms with Crippen molar-refractivity contribution in [2.45, 2.75) is 5.01 Å². The molecule has 0 aromatic carbocycles. The van der Waals surface area contributed by atoms with E-state index in [1.54, 1.807) is 0 Å². The topological polar surface area (TPSA) is 26.3 Å². The number of rotatable bonds is 0. The van der Waals surface area contributed by atoms with Gasteiger partial charge in [0, 0.05) is 6.08 Å². The number of halogens is 1. The summed E-state index contributed by atoms with van der Waals surface area (Å²) in [7, 11) is 0. The monoisotopic (exact) mass is 162 g/mol. The van der Waals surface area contributed by atoms with Gasteiger partial charge in [-0.25, -0.2) is 0 Å². The van der Waals surface area contributed by atoms with Gasteiger partial charge in [-0.05, 0) is 15.9 Å². The molecule has 2 nitrogen and oxygen atoms in total. The van der Waals surface area contributed by atoms with E-state index in [-0.39, 0.29) is 5.78 Å². The molecule has 3 heteroatoms. The van der Waals surface area contributed by atoms with Crippen LogP contribution < -0.4 is 0 Å². The van der Waals surface area contributed by atoms with Crippen molar-refractivity contribution in [3.05, 3.63) is 12.3 Å². The predicted octanol–water partition coefficient (Wildman–Crippen LogP) is 0.820. The molecule has 0 fully saturated rings. The van der Waals surface area contributed by atoms with Crippen molar-refractivity contribution in [2.24, 2.45) is 0 Å². The Labute approximate surface area is 49.3 Å². The summed E-state index contributed by atoms with van der Waals surface area (Å²) in [5, 5.41) is -0.424. The van der Waals surface area contributed by atoms with E-state index in [1.165, 1.54) is 12.3 Å². The average Bonchev–Trinajstić information content (AvgIpc) is 1.91. The molecule has 0 aromatic heterocycles. The van der Waals surface area contributed by atoms with E-state index in [2.05, 4.69) is 20.7 Å². The van der Waals surface area contributed by atoms with Crippen molar-refractivity contribution >= 4 is 21.7 Å². The van der Waals surface area contributed by atoms with Gasteiger partial charge in [-0.15, -0.1) is 0 Å². The Kier molecular flexibility index (Phi) is 1.15. The molecule has 0 amide bonds. The molecule has 0 radical (unpaired) electrons. The van der Waals surface area contributed by atoms with Crippen LogP contribution in [0, 0.1) is 0 Å². The van der Waals surface area contributed by atoms with Gasteiger partial charge in [0.15, 0.2) is 0 Å². The fraction of sp³-hybridized carbons (Fsp3) is 0.250. The van der Waals surface area contributed by atoms with E-state index in [0.717, 1.165) is 0 Å². The number of carbonyl (C=O) groups is 1. The summed E-state index contributed by atoms with van der Waals surface area (Å²) >= 11 is 2.97. The molecule has 1 atom stereocenters. The standard InChI is InChI=1S/C4H3BrO2/c5-4-3(6)1-2-7-4/h1-2,4H. The first-order chi connectivity index (χ1) is 3.30. The molecule has 38 valence electrons. The van der Waals surface area contributed by atoms with Gasteiger partial charge in [0.05, 0.1) is 6.26 Å². The molecule has 1 aliphatic heterocycles. The van der Waals surface area contributed by atoms with Gasteiger partial charge in [0.25, 0.3) is 0 Å². The van der Waals surface area contributed by atoms with Gasteiger partial charge in [-0.1, -0.05) is 0 Å². The maximum Gasteiger partial charge on any atom is 0.214 e. The zero-order valence-corrected chi connectivity index (χ0v) is 5.01. The minimum Gasteiger partial charge on any atom is -0.478 e. The Hall–Kier alpha value is -0.310. The maximum atomic E-state index is 10.3. The summed E-state index contributed by atoms with van der Waals surface area (Å²) in [6.07, 6.45) is 2.77. The molecule has 0 saturated heterocycles. The lowest BCUT2D eigenvalue weighted by atomic mass is 10.5. The number of hydrogen-bond donors (Lipinski definition) is 0. The highest BCUT2D eigenvalue weighted by Gasteiger charge is 2.15. The Balaban J connectivity index is 2.62. The predicted molar refractivity (Wildman–Crippen MR) is 27.9 cm³/mol. The molecule has 0 spiro atoms. The van der Waals surface area contributed by atoms with Crippen molar-refractivity contribution in [3.8, 4) is 0 Å². The lowest BCUT2D eigenvalue weighted by molar-refractivity contribution is -0.116. The van der Waals surface area contributed by atoms with Crippen molar-refractivity contribution in [1.82, 2.24) is 0 Å². The third-order valence-corrected chi connectivity index (χ3v) is 1.32. The molecule has 7 heavy (non-hydrogen) atoms. The molecular formula is C4H3BrO2. The lowest BCUT2D eigenvalue weighted by Gasteiger charge is -1.93. The smallest absolute Gasteiger partial charge is 0.214 e. The van der Waals surface area contributed by atoms with Crippen molar-refractivity contribution < 1.29 is 9.53 Å². The van der Waals surface area contributed by atoms with Crippen LogP contribution in [0.1, 0.15) is 0 Å². The minimum atomic E-state index is -0.424. The highest BCUT2D eigenvalue weighted by molar-refractivity contribution is 9.09. The van der Waals surface area contributed by atoms with Crippen LogP contribution in [0.15, 0.2) is 12.3 Å². The van der Waals surface area contributed by atoms with Gasteiger partial charge in [0.1, 0.15) is 0 Å². The van der Waals surface area contributed by atoms with E-state index in [4.69, 9.17) is 0 Å². The highest BCUT2D eigenvalue weighted by atomic mass is 79.9. The van der Waals surface area contributed by atoms with Crippen LogP contribution in [0.3, 0.4) is 0 Å². The maximum absolute atomic E-state index is 10.3. The zero-order valence-electron chi connectivity index (χ0n) is 3.43. The van der Waals surface area contributed by atoms with Gasteiger partial charge in [-0.3, -0.25) is 4.79 Å². The first kappa shape index (κ1) is 4.84. The van der Waals surface area contributed by atoms with Crippen LogP contribution in [0.2, 0.25) is 0 Å².